The van der Waals surface area contributed by atoms with Crippen LogP contribution in [0, 0.1) is 0 Å². The van der Waals surface area contributed by atoms with Gasteiger partial charge in [0.05, 0.1) is 5.02 Å². The van der Waals surface area contributed by atoms with Crippen molar-refractivity contribution >= 4 is 51.9 Å². The Morgan fingerprint density at radius 1 is 0.897 bits per heavy atom. The summed E-state index contributed by atoms with van der Waals surface area (Å²) in [5, 5.41) is 9.81. The zero-order valence-electron chi connectivity index (χ0n) is 15.7. The lowest BCUT2D eigenvalue weighted by molar-refractivity contribution is -0.114. The number of hydrogen-bond donors (Lipinski definition) is 3. The van der Waals surface area contributed by atoms with Gasteiger partial charge in [-0.05, 0) is 60.2 Å². The average Bonchev–Trinajstić information content (AvgIpc) is 2.69. The van der Waals surface area contributed by atoms with Crippen molar-refractivity contribution in [2.75, 3.05) is 16.0 Å². The Morgan fingerprint density at radius 2 is 1.48 bits per heavy atom. The number of amides is 1. The summed E-state index contributed by atoms with van der Waals surface area (Å²) < 4.78 is 5.78. The molecule has 0 aromatic heterocycles. The highest BCUT2D eigenvalue weighted by Crippen LogP contribution is 2.28. The molecule has 0 spiro atoms. The van der Waals surface area contributed by atoms with Crippen molar-refractivity contribution in [1.82, 2.24) is 0 Å². The van der Waals surface area contributed by atoms with E-state index in [4.69, 9.17) is 28.6 Å². The largest absolute Gasteiger partial charge is 0.487 e. The molecule has 0 aliphatic carbocycles. The molecule has 7 heteroatoms. The van der Waals surface area contributed by atoms with Crippen LogP contribution < -0.4 is 20.7 Å². The van der Waals surface area contributed by atoms with Crippen molar-refractivity contribution in [3.63, 3.8) is 0 Å². The molecule has 0 aliphatic rings. The molecule has 3 aromatic carbocycles. The number of carbonyl (C=O) groups excluding carboxylic acids is 1. The number of ether oxygens (including phenoxy) is 1. The van der Waals surface area contributed by atoms with Crippen molar-refractivity contribution in [3.05, 3.63) is 83.4 Å². The molecule has 0 saturated heterocycles. The van der Waals surface area contributed by atoms with Gasteiger partial charge in [-0.3, -0.25) is 4.79 Å². The number of nitrogens with one attached hydrogen (secondary N) is 3. The molecule has 1 amide bonds. The van der Waals surface area contributed by atoms with E-state index in [0.29, 0.717) is 22.5 Å². The first-order valence-electron chi connectivity index (χ1n) is 8.91. The van der Waals surface area contributed by atoms with E-state index in [9.17, 15) is 4.79 Å². The minimum atomic E-state index is -0.115. The van der Waals surface area contributed by atoms with Crippen LogP contribution in [-0.2, 0) is 11.4 Å². The predicted molar refractivity (Wildman–Crippen MR) is 123 cm³/mol. The van der Waals surface area contributed by atoms with E-state index < -0.39 is 0 Å². The van der Waals surface area contributed by atoms with Crippen LogP contribution in [0.3, 0.4) is 0 Å². The number of carbonyl (C=O) groups is 1. The zero-order valence-corrected chi connectivity index (χ0v) is 17.3. The van der Waals surface area contributed by atoms with Crippen molar-refractivity contribution < 1.29 is 9.53 Å². The van der Waals surface area contributed by atoms with E-state index >= 15 is 0 Å². The molecular weight excluding hydrogens is 406 g/mol. The Hall–Kier alpha value is -3.09. The fraction of sp³-hybridized carbons (Fsp3) is 0.0909. The van der Waals surface area contributed by atoms with Crippen molar-refractivity contribution in [3.8, 4) is 5.75 Å². The maximum Gasteiger partial charge on any atom is 0.221 e. The fourth-order valence-corrected chi connectivity index (χ4v) is 3.04. The van der Waals surface area contributed by atoms with E-state index in [1.807, 2.05) is 48.5 Å². The predicted octanol–water partition coefficient (Wildman–Crippen LogP) is 5.69. The van der Waals surface area contributed by atoms with Gasteiger partial charge in [-0.1, -0.05) is 41.9 Å². The molecule has 3 rings (SSSR count). The molecule has 5 nitrogen and oxygen atoms in total. The summed E-state index contributed by atoms with van der Waals surface area (Å²) in [6.07, 6.45) is 0. The molecule has 0 heterocycles. The monoisotopic (exact) mass is 425 g/mol. The van der Waals surface area contributed by atoms with Crippen LogP contribution in [0.5, 0.6) is 5.75 Å². The Labute approximate surface area is 180 Å². The third kappa shape index (κ3) is 6.48. The Morgan fingerprint density at radius 3 is 2.10 bits per heavy atom. The number of anilines is 3. The molecule has 29 heavy (non-hydrogen) atoms. The van der Waals surface area contributed by atoms with Gasteiger partial charge in [-0.2, -0.15) is 0 Å². The van der Waals surface area contributed by atoms with Gasteiger partial charge in [0.1, 0.15) is 12.4 Å². The van der Waals surface area contributed by atoms with Crippen LogP contribution in [0.1, 0.15) is 12.5 Å². The van der Waals surface area contributed by atoms with Crippen LogP contribution in [0.4, 0.5) is 17.1 Å². The first-order chi connectivity index (χ1) is 14.0. The topological polar surface area (TPSA) is 62.4 Å². The summed E-state index contributed by atoms with van der Waals surface area (Å²) in [6.45, 7) is 1.91. The van der Waals surface area contributed by atoms with Crippen molar-refractivity contribution in [1.29, 1.82) is 0 Å². The molecule has 0 fully saturated rings. The van der Waals surface area contributed by atoms with Crippen LogP contribution in [0.15, 0.2) is 72.8 Å². The Balaban J connectivity index is 1.55. The first-order valence-corrected chi connectivity index (χ1v) is 9.70. The second-order valence-corrected chi connectivity index (χ2v) is 7.07. The lowest BCUT2D eigenvalue weighted by Gasteiger charge is -2.13. The van der Waals surface area contributed by atoms with E-state index in [0.717, 1.165) is 22.6 Å². The van der Waals surface area contributed by atoms with Gasteiger partial charge in [0.25, 0.3) is 0 Å². The summed E-state index contributed by atoms with van der Waals surface area (Å²) in [4.78, 5) is 11.1. The smallest absolute Gasteiger partial charge is 0.221 e. The van der Waals surface area contributed by atoms with Gasteiger partial charge < -0.3 is 20.7 Å². The minimum absolute atomic E-state index is 0.115. The lowest BCUT2D eigenvalue weighted by Crippen LogP contribution is -2.19. The number of halogens is 1. The minimum Gasteiger partial charge on any atom is -0.487 e. The van der Waals surface area contributed by atoms with Gasteiger partial charge in [0.15, 0.2) is 5.11 Å². The third-order valence-corrected chi connectivity index (χ3v) is 4.39. The second kappa shape index (κ2) is 9.91. The summed E-state index contributed by atoms with van der Waals surface area (Å²) in [7, 11) is 0. The number of rotatable bonds is 6. The molecule has 0 unspecified atom stereocenters. The molecule has 148 valence electrons. The van der Waals surface area contributed by atoms with Crippen LogP contribution in [-0.4, -0.2) is 11.0 Å². The van der Waals surface area contributed by atoms with Crippen LogP contribution in [0.25, 0.3) is 0 Å². The fourth-order valence-electron chi connectivity index (χ4n) is 2.56. The maximum atomic E-state index is 11.1. The van der Waals surface area contributed by atoms with Gasteiger partial charge in [-0.15, -0.1) is 0 Å². The molecular formula is C22H20ClN3O2S. The SMILES string of the molecule is CC(=O)Nc1ccc(NC(=S)Nc2ccc(OCc3ccccc3)c(Cl)c2)cc1. The highest BCUT2D eigenvalue weighted by atomic mass is 35.5. The van der Waals surface area contributed by atoms with Gasteiger partial charge in [0, 0.05) is 24.0 Å². The summed E-state index contributed by atoms with van der Waals surface area (Å²) in [5.74, 6) is 0.490. The summed E-state index contributed by atoms with van der Waals surface area (Å²) in [5.41, 5.74) is 3.33. The third-order valence-electron chi connectivity index (χ3n) is 3.89. The van der Waals surface area contributed by atoms with Crippen molar-refractivity contribution in [2.24, 2.45) is 0 Å². The van der Waals surface area contributed by atoms with Gasteiger partial charge in [-0.25, -0.2) is 0 Å². The molecule has 0 atom stereocenters. The van der Waals surface area contributed by atoms with Crippen LogP contribution in [0.2, 0.25) is 5.02 Å². The molecule has 0 bridgehead atoms. The van der Waals surface area contributed by atoms with Gasteiger partial charge in [0.2, 0.25) is 5.91 Å². The lowest BCUT2D eigenvalue weighted by atomic mass is 10.2. The number of hydrogen-bond acceptors (Lipinski definition) is 3. The highest BCUT2D eigenvalue weighted by molar-refractivity contribution is 7.80. The summed E-state index contributed by atoms with van der Waals surface area (Å²) >= 11 is 11.7. The molecule has 0 radical (unpaired) electrons. The quantitative estimate of drug-likeness (QED) is 0.443. The highest BCUT2D eigenvalue weighted by Gasteiger charge is 2.06. The number of benzene rings is 3. The Kier molecular flexibility index (Phi) is 7.05. The first kappa shape index (κ1) is 20.6. The van der Waals surface area contributed by atoms with Gasteiger partial charge >= 0.3 is 0 Å². The number of thiocarbonyl (C=S) groups is 1. The molecule has 0 saturated carbocycles. The second-order valence-electron chi connectivity index (χ2n) is 6.26. The van der Waals surface area contributed by atoms with E-state index in [1.54, 1.807) is 24.3 Å². The zero-order chi connectivity index (χ0) is 20.6. The van der Waals surface area contributed by atoms with Crippen LogP contribution >= 0.6 is 23.8 Å². The maximum absolute atomic E-state index is 11.1. The molecule has 3 aromatic rings. The van der Waals surface area contributed by atoms with E-state index in [-0.39, 0.29) is 5.91 Å². The Bertz CT molecular complexity index is 995. The van der Waals surface area contributed by atoms with E-state index in [2.05, 4.69) is 16.0 Å². The molecule has 3 N–H and O–H groups in total. The van der Waals surface area contributed by atoms with Crippen molar-refractivity contribution in [2.45, 2.75) is 13.5 Å². The van der Waals surface area contributed by atoms with E-state index in [1.165, 1.54) is 6.92 Å². The normalized spacial score (nSPS) is 10.1. The molecule has 0 aliphatic heterocycles. The standard InChI is InChI=1S/C22H20ClN3O2S/c1-15(27)24-17-7-9-18(10-8-17)25-22(29)26-19-11-12-21(20(23)13-19)28-14-16-5-3-2-4-6-16/h2-13H,14H2,1H3,(H,24,27)(H2,25,26,29). The average molecular weight is 426 g/mol. The summed E-state index contributed by atoms with van der Waals surface area (Å²) in [6, 6.07) is 22.5.